The van der Waals surface area contributed by atoms with Crippen molar-refractivity contribution in [2.45, 2.75) is 33.6 Å². The molecule has 0 bridgehead atoms. The van der Waals surface area contributed by atoms with E-state index in [4.69, 9.17) is 31.2 Å². The minimum atomic E-state index is -0.499. The van der Waals surface area contributed by atoms with Gasteiger partial charge in [-0.15, -0.1) is 0 Å². The number of fused-ring (bicyclic) bond motifs is 1. The molecule has 0 radical (unpaired) electrons. The fraction of sp³-hybridized carbons (Fsp3) is 0.308. The third-order valence-electron chi connectivity index (χ3n) is 5.48. The van der Waals surface area contributed by atoms with Gasteiger partial charge in [0.15, 0.2) is 17.3 Å². The number of hydrazone groups is 1. The van der Waals surface area contributed by atoms with Crippen LogP contribution in [0.3, 0.4) is 0 Å². The Labute approximate surface area is 219 Å². The normalized spacial score (nSPS) is 16.1. The molecule has 2 aliphatic rings. The zero-order valence-corrected chi connectivity index (χ0v) is 22.1. The van der Waals surface area contributed by atoms with Gasteiger partial charge in [-0.1, -0.05) is 31.5 Å². The van der Waals surface area contributed by atoms with Crippen LogP contribution in [0.5, 0.6) is 17.2 Å². The van der Waals surface area contributed by atoms with Crippen LogP contribution in [-0.4, -0.2) is 47.3 Å². The highest BCUT2D eigenvalue weighted by Gasteiger charge is 2.35. The topological polar surface area (TPSA) is 96.6 Å². The van der Waals surface area contributed by atoms with E-state index in [1.165, 1.54) is 29.4 Å². The number of aryl methyl sites for hydroxylation is 2. The number of benzene rings is 2. The lowest BCUT2D eigenvalue weighted by molar-refractivity contribution is -0.114. The van der Waals surface area contributed by atoms with E-state index in [-0.39, 0.29) is 18.0 Å². The first-order chi connectivity index (χ1) is 17.3. The van der Waals surface area contributed by atoms with E-state index in [1.807, 2.05) is 26.0 Å². The molecule has 0 saturated carbocycles. The highest BCUT2D eigenvalue weighted by molar-refractivity contribution is 8.26. The van der Waals surface area contributed by atoms with Crippen molar-refractivity contribution in [3.05, 3.63) is 57.6 Å². The second-order valence-electron chi connectivity index (χ2n) is 8.11. The summed E-state index contributed by atoms with van der Waals surface area (Å²) in [7, 11) is 1.51. The Morgan fingerprint density at radius 2 is 1.89 bits per heavy atom. The first-order valence-corrected chi connectivity index (χ1v) is 12.7. The van der Waals surface area contributed by atoms with Crippen LogP contribution in [0.1, 0.15) is 37.0 Å². The number of ether oxygens (including phenoxy) is 3. The smallest absolute Gasteiger partial charge is 0.283 e. The van der Waals surface area contributed by atoms with E-state index in [2.05, 4.69) is 23.1 Å². The van der Waals surface area contributed by atoms with E-state index in [9.17, 15) is 4.79 Å². The van der Waals surface area contributed by atoms with Gasteiger partial charge >= 0.3 is 0 Å². The number of amides is 1. The van der Waals surface area contributed by atoms with Gasteiger partial charge in [0.2, 0.25) is 5.17 Å². The largest absolute Gasteiger partial charge is 0.493 e. The van der Waals surface area contributed by atoms with Crippen LogP contribution in [0.15, 0.2) is 46.0 Å². The third kappa shape index (κ3) is 5.57. The molecule has 0 unspecified atom stereocenters. The molecule has 4 rings (SSSR count). The molecular formula is C26H27ClN4O4S. The number of carbonyl (C=O) groups excluding carboxylic acids is 1. The van der Waals surface area contributed by atoms with Crippen molar-refractivity contribution < 1.29 is 19.0 Å². The molecule has 1 amide bonds. The molecule has 0 fully saturated rings. The quantitative estimate of drug-likeness (QED) is 0.332. The SMILES string of the molecule is CCC1=NN2C(=N)/C(=C/c3cc(Cl)c(OCCOc4cc(C)cc(CC)c4)c(OC)c3)C(=O)N=C2S1. The number of aliphatic imine (C=N–C) groups is 1. The predicted octanol–water partition coefficient (Wildman–Crippen LogP) is 5.71. The second-order valence-corrected chi connectivity index (χ2v) is 9.55. The molecule has 0 spiro atoms. The van der Waals surface area contributed by atoms with Crippen molar-refractivity contribution in [2.75, 3.05) is 20.3 Å². The number of nitrogens with one attached hydrogen (secondary N) is 1. The molecule has 2 heterocycles. The molecule has 8 nitrogen and oxygen atoms in total. The Morgan fingerprint density at radius 3 is 2.61 bits per heavy atom. The van der Waals surface area contributed by atoms with Gasteiger partial charge in [-0.2, -0.15) is 15.1 Å². The van der Waals surface area contributed by atoms with Crippen molar-refractivity contribution >= 4 is 51.4 Å². The summed E-state index contributed by atoms with van der Waals surface area (Å²) in [5.74, 6) is 1.05. The number of rotatable bonds is 9. The number of carbonyl (C=O) groups is 1. The van der Waals surface area contributed by atoms with E-state index < -0.39 is 5.91 Å². The average Bonchev–Trinajstić information content (AvgIpc) is 3.28. The summed E-state index contributed by atoms with van der Waals surface area (Å²) < 4.78 is 17.2. The Kier molecular flexibility index (Phi) is 8.01. The maximum atomic E-state index is 12.6. The van der Waals surface area contributed by atoms with Crippen molar-refractivity contribution in [1.82, 2.24) is 5.01 Å². The summed E-state index contributed by atoms with van der Waals surface area (Å²) in [5.41, 5.74) is 3.05. The summed E-state index contributed by atoms with van der Waals surface area (Å²) in [4.78, 5) is 16.7. The fourth-order valence-corrected chi connectivity index (χ4v) is 4.82. The lowest BCUT2D eigenvalue weighted by atomic mass is 10.1. The third-order valence-corrected chi connectivity index (χ3v) is 6.81. The van der Waals surface area contributed by atoms with Gasteiger partial charge in [0.05, 0.1) is 17.7 Å². The van der Waals surface area contributed by atoms with Crippen molar-refractivity contribution in [2.24, 2.45) is 10.1 Å². The maximum Gasteiger partial charge on any atom is 0.283 e. The number of amidine groups is 2. The second kappa shape index (κ2) is 11.2. The standard InChI is InChI=1S/C26H27ClN4O4S/c1-5-16-9-15(3)10-18(11-16)34-7-8-35-23-20(27)13-17(14-21(23)33-4)12-19-24(28)31-26(29-25(19)32)36-22(6-2)30-31/h9-14,28H,5-8H2,1-4H3/b19-12-,28-24?. The molecule has 2 aromatic rings. The van der Waals surface area contributed by atoms with Crippen LogP contribution >= 0.6 is 23.4 Å². The van der Waals surface area contributed by atoms with Gasteiger partial charge in [0, 0.05) is 0 Å². The Bertz CT molecular complexity index is 1310. The summed E-state index contributed by atoms with van der Waals surface area (Å²) in [6.45, 7) is 6.70. The van der Waals surface area contributed by atoms with Gasteiger partial charge in [-0.25, -0.2) is 0 Å². The maximum absolute atomic E-state index is 12.6. The fourth-order valence-electron chi connectivity index (χ4n) is 3.72. The minimum Gasteiger partial charge on any atom is -0.493 e. The first kappa shape index (κ1) is 25.8. The summed E-state index contributed by atoms with van der Waals surface area (Å²) in [6, 6.07) is 9.50. The summed E-state index contributed by atoms with van der Waals surface area (Å²) >= 11 is 7.81. The van der Waals surface area contributed by atoms with E-state index in [0.717, 1.165) is 22.8 Å². The zero-order chi connectivity index (χ0) is 25.8. The van der Waals surface area contributed by atoms with Gasteiger partial charge in [-0.3, -0.25) is 10.2 Å². The summed E-state index contributed by atoms with van der Waals surface area (Å²) in [6.07, 6.45) is 3.19. The van der Waals surface area contributed by atoms with Crippen LogP contribution in [0.4, 0.5) is 0 Å². The molecule has 2 aromatic carbocycles. The van der Waals surface area contributed by atoms with Crippen LogP contribution < -0.4 is 14.2 Å². The van der Waals surface area contributed by atoms with Crippen LogP contribution in [0.2, 0.25) is 5.02 Å². The van der Waals surface area contributed by atoms with Gasteiger partial charge in [0.25, 0.3) is 5.91 Å². The molecule has 1 N–H and O–H groups in total. The number of halogens is 1. The molecule has 10 heteroatoms. The molecule has 188 valence electrons. The summed E-state index contributed by atoms with van der Waals surface area (Å²) in [5, 5.41) is 15.7. The van der Waals surface area contributed by atoms with Crippen molar-refractivity contribution in [3.63, 3.8) is 0 Å². The number of nitrogens with zero attached hydrogens (tertiary/aromatic N) is 3. The number of hydrogen-bond donors (Lipinski definition) is 1. The van der Waals surface area contributed by atoms with Crippen molar-refractivity contribution in [1.29, 1.82) is 5.41 Å². The highest BCUT2D eigenvalue weighted by atomic mass is 35.5. The number of thioether (sulfide) groups is 1. The molecule has 2 aliphatic heterocycles. The van der Waals surface area contributed by atoms with Gasteiger partial charge in [0.1, 0.15) is 24.0 Å². The molecule has 36 heavy (non-hydrogen) atoms. The average molecular weight is 527 g/mol. The van der Waals surface area contributed by atoms with Gasteiger partial charge in [-0.05, 0) is 78.6 Å². The molecule has 0 aromatic heterocycles. The lowest BCUT2D eigenvalue weighted by Crippen LogP contribution is -2.35. The first-order valence-electron chi connectivity index (χ1n) is 11.6. The molecular weight excluding hydrogens is 500 g/mol. The lowest BCUT2D eigenvalue weighted by Gasteiger charge is -2.20. The van der Waals surface area contributed by atoms with Gasteiger partial charge < -0.3 is 14.2 Å². The number of hydrogen-bond acceptors (Lipinski definition) is 7. The molecule has 0 aliphatic carbocycles. The van der Waals surface area contributed by atoms with E-state index in [0.29, 0.717) is 40.3 Å². The minimum absolute atomic E-state index is 0.0316. The van der Waals surface area contributed by atoms with Crippen LogP contribution in [0.25, 0.3) is 6.08 Å². The molecule has 0 saturated heterocycles. The van der Waals surface area contributed by atoms with Crippen LogP contribution in [0, 0.1) is 12.3 Å². The predicted molar refractivity (Wildman–Crippen MR) is 145 cm³/mol. The Morgan fingerprint density at radius 1 is 1.11 bits per heavy atom. The van der Waals surface area contributed by atoms with Crippen molar-refractivity contribution in [3.8, 4) is 17.2 Å². The highest BCUT2D eigenvalue weighted by Crippen LogP contribution is 2.38. The van der Waals surface area contributed by atoms with E-state index in [1.54, 1.807) is 18.2 Å². The Hall–Kier alpha value is -3.30. The molecule has 0 atom stereocenters. The Balaban J connectivity index is 1.47. The zero-order valence-electron chi connectivity index (χ0n) is 20.6. The number of methoxy groups -OCH3 is 1. The van der Waals surface area contributed by atoms with Crippen LogP contribution in [-0.2, 0) is 11.2 Å². The van der Waals surface area contributed by atoms with E-state index >= 15 is 0 Å². The monoisotopic (exact) mass is 526 g/mol.